The summed E-state index contributed by atoms with van der Waals surface area (Å²) in [6.45, 7) is 2.08. The van der Waals surface area contributed by atoms with Crippen LogP contribution in [0.15, 0.2) is 47.2 Å². The summed E-state index contributed by atoms with van der Waals surface area (Å²) in [7, 11) is -3.15. The molecule has 166 valence electrons. The van der Waals surface area contributed by atoms with Gasteiger partial charge < -0.3 is 9.15 Å². The van der Waals surface area contributed by atoms with Crippen LogP contribution >= 0.6 is 11.3 Å². The van der Waals surface area contributed by atoms with Gasteiger partial charge in [-0.1, -0.05) is 11.3 Å². The van der Waals surface area contributed by atoms with Gasteiger partial charge in [0.15, 0.2) is 5.65 Å². The van der Waals surface area contributed by atoms with Gasteiger partial charge in [0.05, 0.1) is 17.2 Å². The number of piperidine rings is 2. The first-order valence-corrected chi connectivity index (χ1v) is 13.2. The molecular formula is C22H22N4O4S2. The summed E-state index contributed by atoms with van der Waals surface area (Å²) < 4.78 is 38.6. The van der Waals surface area contributed by atoms with Crippen molar-refractivity contribution in [3.63, 3.8) is 0 Å². The van der Waals surface area contributed by atoms with Crippen LogP contribution in [-0.4, -0.2) is 59.0 Å². The molecule has 3 fully saturated rings. The van der Waals surface area contributed by atoms with Gasteiger partial charge in [-0.2, -0.15) is 9.29 Å². The van der Waals surface area contributed by atoms with Gasteiger partial charge in [0, 0.05) is 54.9 Å². The molecule has 7 rings (SSSR count). The molecule has 3 aliphatic heterocycles. The van der Waals surface area contributed by atoms with Gasteiger partial charge in [0.2, 0.25) is 10.0 Å². The zero-order chi connectivity index (χ0) is 21.9. The van der Waals surface area contributed by atoms with Crippen molar-refractivity contribution < 1.29 is 17.6 Å². The van der Waals surface area contributed by atoms with Gasteiger partial charge in [-0.3, -0.25) is 4.90 Å². The number of thiazole rings is 1. The van der Waals surface area contributed by atoms with Crippen LogP contribution in [0.4, 0.5) is 0 Å². The van der Waals surface area contributed by atoms with Crippen LogP contribution in [0, 0.1) is 0 Å². The summed E-state index contributed by atoms with van der Waals surface area (Å²) >= 11 is 1.45. The Bertz CT molecular complexity index is 1380. The number of ether oxygens (including phenoxy) is 1. The van der Waals surface area contributed by atoms with Crippen molar-refractivity contribution in [1.29, 1.82) is 0 Å². The maximum Gasteiger partial charge on any atom is 0.281 e. The third-order valence-electron chi connectivity index (χ3n) is 6.37. The summed E-state index contributed by atoms with van der Waals surface area (Å²) in [6, 6.07) is 9.98. The summed E-state index contributed by atoms with van der Waals surface area (Å²) in [5.41, 5.74) is 2.55. The number of nitrogens with zero attached hydrogens (tertiary/aromatic N) is 4. The van der Waals surface area contributed by atoms with Gasteiger partial charge in [0.25, 0.3) is 5.19 Å². The van der Waals surface area contributed by atoms with Crippen molar-refractivity contribution >= 4 is 42.7 Å². The molecule has 2 atom stereocenters. The number of furan rings is 1. The number of pyridine rings is 1. The van der Waals surface area contributed by atoms with Crippen molar-refractivity contribution in [3.05, 3.63) is 48.4 Å². The standard InChI is InChI=1S/C22H22N4O4S2/c1-32(27,28)26-12-15-4-5-16(26)11-25(15)10-14-13-29-19-9-17(6-7-18(14)19)30-22-24-21-20(31-22)3-2-8-23-21/h2-3,6-9,13,15-16H,4-5,10-12H2,1H3/t15-,16-/m0/s1. The monoisotopic (exact) mass is 470 g/mol. The number of piperazine rings is 1. The van der Waals surface area contributed by atoms with Crippen molar-refractivity contribution in [2.45, 2.75) is 31.5 Å². The van der Waals surface area contributed by atoms with E-state index in [4.69, 9.17) is 9.15 Å². The zero-order valence-electron chi connectivity index (χ0n) is 17.5. The van der Waals surface area contributed by atoms with Gasteiger partial charge in [-0.15, -0.1) is 0 Å². The first-order chi connectivity index (χ1) is 15.4. The maximum atomic E-state index is 12.1. The van der Waals surface area contributed by atoms with Gasteiger partial charge in [-0.25, -0.2) is 13.4 Å². The van der Waals surface area contributed by atoms with Crippen molar-refractivity contribution in [1.82, 2.24) is 19.2 Å². The topological polar surface area (TPSA) is 88.8 Å². The predicted octanol–water partition coefficient (Wildman–Crippen LogP) is 3.84. The van der Waals surface area contributed by atoms with E-state index >= 15 is 0 Å². The van der Waals surface area contributed by atoms with E-state index < -0.39 is 10.0 Å². The minimum absolute atomic E-state index is 0.0662. The molecule has 1 aromatic carbocycles. The second kappa shape index (κ2) is 7.51. The molecule has 0 unspecified atom stereocenters. The zero-order valence-corrected chi connectivity index (χ0v) is 19.1. The van der Waals surface area contributed by atoms with E-state index in [1.165, 1.54) is 17.6 Å². The van der Waals surface area contributed by atoms with Crippen LogP contribution < -0.4 is 4.74 Å². The molecular weight excluding hydrogens is 448 g/mol. The van der Waals surface area contributed by atoms with Crippen molar-refractivity contribution in [3.8, 4) is 10.9 Å². The molecule has 2 bridgehead atoms. The van der Waals surface area contributed by atoms with Crippen LogP contribution in [0.25, 0.3) is 21.3 Å². The molecule has 3 aliphatic rings. The van der Waals surface area contributed by atoms with Crippen LogP contribution in [0.3, 0.4) is 0 Å². The Morgan fingerprint density at radius 3 is 2.88 bits per heavy atom. The highest BCUT2D eigenvalue weighted by atomic mass is 32.2. The molecule has 0 aliphatic carbocycles. The lowest BCUT2D eigenvalue weighted by Gasteiger charge is -2.50. The minimum atomic E-state index is -3.15. The molecule has 0 saturated carbocycles. The first kappa shape index (κ1) is 20.1. The molecule has 6 heterocycles. The smallest absolute Gasteiger partial charge is 0.281 e. The number of rotatable bonds is 5. The molecule has 3 saturated heterocycles. The van der Waals surface area contributed by atoms with Crippen molar-refractivity contribution in [2.24, 2.45) is 0 Å². The highest BCUT2D eigenvalue weighted by Gasteiger charge is 2.42. The van der Waals surface area contributed by atoms with Crippen LogP contribution in [0.5, 0.6) is 10.9 Å². The lowest BCUT2D eigenvalue weighted by molar-refractivity contribution is 0.0185. The largest absolute Gasteiger partial charge is 0.464 e. The number of aromatic nitrogens is 2. The summed E-state index contributed by atoms with van der Waals surface area (Å²) in [5, 5.41) is 1.59. The quantitative estimate of drug-likeness (QED) is 0.438. The van der Waals surface area contributed by atoms with E-state index in [2.05, 4.69) is 14.9 Å². The predicted molar refractivity (Wildman–Crippen MR) is 122 cm³/mol. The molecule has 0 amide bonds. The second-order valence-electron chi connectivity index (χ2n) is 8.47. The van der Waals surface area contributed by atoms with Gasteiger partial charge in [-0.05, 0) is 37.1 Å². The van der Waals surface area contributed by atoms with E-state index in [-0.39, 0.29) is 12.1 Å². The lowest BCUT2D eigenvalue weighted by Crippen LogP contribution is -2.63. The number of fused-ring (bicyclic) bond motifs is 5. The molecule has 8 nitrogen and oxygen atoms in total. The third-order valence-corrected chi connectivity index (χ3v) is 8.56. The lowest BCUT2D eigenvalue weighted by atomic mass is 9.92. The Labute approximate surface area is 189 Å². The highest BCUT2D eigenvalue weighted by Crippen LogP contribution is 2.35. The fraction of sp³-hybridized carbons (Fsp3) is 0.364. The Hall–Kier alpha value is -2.53. The van der Waals surface area contributed by atoms with E-state index in [0.29, 0.717) is 23.1 Å². The average molecular weight is 471 g/mol. The molecule has 10 heteroatoms. The number of hydrogen-bond donors (Lipinski definition) is 0. The number of benzene rings is 1. The molecule has 0 radical (unpaired) electrons. The minimum Gasteiger partial charge on any atom is -0.464 e. The fourth-order valence-electron chi connectivity index (χ4n) is 4.84. The Kier molecular flexibility index (Phi) is 4.72. The summed E-state index contributed by atoms with van der Waals surface area (Å²) in [5.74, 6) is 0.665. The van der Waals surface area contributed by atoms with Crippen LogP contribution in [0.2, 0.25) is 0 Å². The molecule has 32 heavy (non-hydrogen) atoms. The molecule has 0 N–H and O–H groups in total. The van der Waals surface area contributed by atoms with Crippen LogP contribution in [-0.2, 0) is 16.6 Å². The Morgan fingerprint density at radius 2 is 2.09 bits per heavy atom. The molecule has 4 aromatic rings. The molecule has 0 spiro atoms. The van der Waals surface area contributed by atoms with Crippen molar-refractivity contribution in [2.75, 3.05) is 19.3 Å². The van der Waals surface area contributed by atoms with Crippen LogP contribution in [0.1, 0.15) is 18.4 Å². The highest BCUT2D eigenvalue weighted by molar-refractivity contribution is 7.88. The number of hydrogen-bond acceptors (Lipinski definition) is 8. The Morgan fingerprint density at radius 1 is 1.22 bits per heavy atom. The summed E-state index contributed by atoms with van der Waals surface area (Å²) in [4.78, 5) is 11.1. The van der Waals surface area contributed by atoms with Gasteiger partial charge in [0.1, 0.15) is 11.3 Å². The number of sulfonamides is 1. The average Bonchev–Trinajstić information content (AvgIpc) is 3.37. The fourth-order valence-corrected chi connectivity index (χ4v) is 6.79. The van der Waals surface area contributed by atoms with E-state index in [1.807, 2.05) is 30.3 Å². The maximum absolute atomic E-state index is 12.1. The second-order valence-corrected chi connectivity index (χ2v) is 11.4. The van der Waals surface area contributed by atoms with E-state index in [0.717, 1.165) is 47.2 Å². The van der Waals surface area contributed by atoms with Gasteiger partial charge >= 0.3 is 0 Å². The molecule has 3 aromatic heterocycles. The third kappa shape index (κ3) is 3.57. The summed E-state index contributed by atoms with van der Waals surface area (Å²) in [6.07, 6.45) is 6.79. The first-order valence-electron chi connectivity index (χ1n) is 10.5. The SMILES string of the molecule is CS(=O)(=O)N1C[C@@H]2CC[C@H]1CN2Cc1coc2cc(Oc3nc4ncccc4s3)ccc12. The normalized spacial score (nSPS) is 22.2. The Balaban J connectivity index is 1.20. The van der Waals surface area contributed by atoms with E-state index in [1.54, 1.807) is 16.8 Å². The van der Waals surface area contributed by atoms with E-state index in [9.17, 15) is 8.42 Å².